The highest BCUT2D eigenvalue weighted by Gasteiger charge is 2.17. The minimum atomic E-state index is -3.53. The Hall–Kier alpha value is -1.90. The largest absolute Gasteiger partial charge is 0.376 e. The van der Waals surface area contributed by atoms with Gasteiger partial charge in [0.25, 0.3) is 0 Å². The van der Waals surface area contributed by atoms with Crippen molar-refractivity contribution in [3.05, 3.63) is 53.0 Å². The van der Waals surface area contributed by atoms with E-state index in [0.29, 0.717) is 5.69 Å². The van der Waals surface area contributed by atoms with Gasteiger partial charge in [-0.3, -0.25) is 4.79 Å². The van der Waals surface area contributed by atoms with Crippen LogP contribution in [0.25, 0.3) is 0 Å². The first-order valence-electron chi connectivity index (χ1n) is 7.11. The second-order valence-electron chi connectivity index (χ2n) is 5.22. The van der Waals surface area contributed by atoms with E-state index >= 15 is 0 Å². The van der Waals surface area contributed by atoms with Crippen LogP contribution in [0.2, 0.25) is 0 Å². The molecule has 0 bridgehead atoms. The number of nitrogens with one attached hydrogen (secondary N) is 2. The summed E-state index contributed by atoms with van der Waals surface area (Å²) in [7, 11) is -0.611. The third-order valence-corrected chi connectivity index (χ3v) is 5.53. The maximum absolute atomic E-state index is 12.1. The van der Waals surface area contributed by atoms with E-state index in [-0.39, 0.29) is 17.3 Å². The highest BCUT2D eigenvalue weighted by atomic mass is 79.9. The number of sulfonamides is 1. The number of amides is 1. The molecule has 0 atom stereocenters. The standard InChI is InChI=1S/C16H18BrN3O3S/c1-20(2)24(22,23)15-5-3-4-14(10-15)19-16(21)11-18-13-8-6-12(17)7-9-13/h3-10,18H,11H2,1-2H3,(H,19,21). The maximum atomic E-state index is 12.1. The summed E-state index contributed by atoms with van der Waals surface area (Å²) in [6.07, 6.45) is 0. The van der Waals surface area contributed by atoms with Crippen LogP contribution in [-0.2, 0) is 14.8 Å². The first-order valence-corrected chi connectivity index (χ1v) is 9.34. The van der Waals surface area contributed by atoms with Crippen LogP contribution in [0, 0.1) is 0 Å². The lowest BCUT2D eigenvalue weighted by molar-refractivity contribution is -0.114. The Bertz CT molecular complexity index is 821. The minimum Gasteiger partial charge on any atom is -0.376 e. The molecule has 0 saturated heterocycles. The molecule has 0 unspecified atom stereocenters. The number of carbonyl (C=O) groups is 1. The van der Waals surface area contributed by atoms with Crippen LogP contribution in [0.4, 0.5) is 11.4 Å². The van der Waals surface area contributed by atoms with Crippen LogP contribution >= 0.6 is 15.9 Å². The Labute approximate surface area is 150 Å². The van der Waals surface area contributed by atoms with Crippen LogP contribution in [0.3, 0.4) is 0 Å². The number of anilines is 2. The van der Waals surface area contributed by atoms with Crippen LogP contribution in [0.15, 0.2) is 57.9 Å². The molecule has 0 aliphatic heterocycles. The molecule has 0 aromatic heterocycles. The molecule has 2 rings (SSSR count). The molecule has 0 aliphatic rings. The number of benzene rings is 2. The monoisotopic (exact) mass is 411 g/mol. The average molecular weight is 412 g/mol. The van der Waals surface area contributed by atoms with Gasteiger partial charge in [-0.05, 0) is 42.5 Å². The van der Waals surface area contributed by atoms with E-state index < -0.39 is 10.0 Å². The Morgan fingerprint density at radius 1 is 1.08 bits per heavy atom. The van der Waals surface area contributed by atoms with Crippen LogP contribution < -0.4 is 10.6 Å². The van der Waals surface area contributed by atoms with Gasteiger partial charge >= 0.3 is 0 Å². The van der Waals surface area contributed by atoms with Crippen molar-refractivity contribution >= 4 is 43.2 Å². The van der Waals surface area contributed by atoms with Crippen molar-refractivity contribution in [3.63, 3.8) is 0 Å². The summed E-state index contributed by atoms with van der Waals surface area (Å²) in [4.78, 5) is 12.1. The number of halogens is 1. The fourth-order valence-corrected chi connectivity index (χ4v) is 3.11. The zero-order valence-corrected chi connectivity index (χ0v) is 15.7. The van der Waals surface area contributed by atoms with Crippen molar-refractivity contribution < 1.29 is 13.2 Å². The molecule has 2 aromatic rings. The van der Waals surface area contributed by atoms with Gasteiger partial charge in [0, 0.05) is 29.9 Å². The van der Waals surface area contributed by atoms with Crippen LogP contribution in [0.1, 0.15) is 0 Å². The molecule has 2 N–H and O–H groups in total. The molecule has 24 heavy (non-hydrogen) atoms. The molecule has 2 aromatic carbocycles. The second-order valence-corrected chi connectivity index (χ2v) is 8.29. The molecule has 8 heteroatoms. The van der Waals surface area contributed by atoms with Crippen molar-refractivity contribution in [2.75, 3.05) is 31.3 Å². The predicted molar refractivity (Wildman–Crippen MR) is 98.6 cm³/mol. The molecule has 6 nitrogen and oxygen atoms in total. The van der Waals surface area contributed by atoms with Crippen molar-refractivity contribution in [2.45, 2.75) is 4.90 Å². The molecule has 0 aliphatic carbocycles. The van der Waals surface area contributed by atoms with Gasteiger partial charge in [-0.1, -0.05) is 22.0 Å². The number of rotatable bonds is 6. The van der Waals surface area contributed by atoms with E-state index in [0.717, 1.165) is 14.5 Å². The SMILES string of the molecule is CN(C)S(=O)(=O)c1cccc(NC(=O)CNc2ccc(Br)cc2)c1. The normalized spacial score (nSPS) is 11.3. The second kappa shape index (κ2) is 7.78. The Morgan fingerprint density at radius 2 is 1.75 bits per heavy atom. The molecule has 0 saturated carbocycles. The lowest BCUT2D eigenvalue weighted by atomic mass is 10.3. The van der Waals surface area contributed by atoms with Gasteiger partial charge in [0.1, 0.15) is 0 Å². The van der Waals surface area contributed by atoms with Gasteiger partial charge in [0.15, 0.2) is 0 Å². The van der Waals surface area contributed by atoms with Crippen molar-refractivity contribution in [3.8, 4) is 0 Å². The van der Waals surface area contributed by atoms with Gasteiger partial charge in [0.05, 0.1) is 11.4 Å². The fourth-order valence-electron chi connectivity index (χ4n) is 1.90. The van der Waals surface area contributed by atoms with Crippen LogP contribution in [-0.4, -0.2) is 39.3 Å². The fraction of sp³-hybridized carbons (Fsp3) is 0.188. The number of hydrogen-bond donors (Lipinski definition) is 2. The first-order chi connectivity index (χ1) is 11.3. The summed E-state index contributed by atoms with van der Waals surface area (Å²) in [5.41, 5.74) is 1.25. The molecule has 0 radical (unpaired) electrons. The molecule has 128 valence electrons. The first kappa shape index (κ1) is 18.4. The maximum Gasteiger partial charge on any atom is 0.243 e. The summed E-state index contributed by atoms with van der Waals surface area (Å²) in [6, 6.07) is 13.6. The van der Waals surface area contributed by atoms with E-state index in [1.54, 1.807) is 12.1 Å². The highest BCUT2D eigenvalue weighted by molar-refractivity contribution is 9.10. The Kier molecular flexibility index (Phi) is 5.98. The Morgan fingerprint density at radius 3 is 2.38 bits per heavy atom. The molecular formula is C16H18BrN3O3S. The van der Waals surface area contributed by atoms with E-state index in [9.17, 15) is 13.2 Å². The smallest absolute Gasteiger partial charge is 0.243 e. The van der Waals surface area contributed by atoms with Gasteiger partial charge < -0.3 is 10.6 Å². The van der Waals surface area contributed by atoms with Crippen molar-refractivity contribution in [1.82, 2.24) is 4.31 Å². The third kappa shape index (κ3) is 4.80. The topological polar surface area (TPSA) is 78.5 Å². The third-order valence-electron chi connectivity index (χ3n) is 3.19. The highest BCUT2D eigenvalue weighted by Crippen LogP contribution is 2.18. The predicted octanol–water partition coefficient (Wildman–Crippen LogP) is 2.75. The number of nitrogens with zero attached hydrogens (tertiary/aromatic N) is 1. The zero-order valence-electron chi connectivity index (χ0n) is 13.3. The summed E-state index contributed by atoms with van der Waals surface area (Å²) in [5, 5.41) is 5.68. The van der Waals surface area contributed by atoms with E-state index in [1.807, 2.05) is 24.3 Å². The van der Waals surface area contributed by atoms with Gasteiger partial charge in [0.2, 0.25) is 15.9 Å². The Balaban J connectivity index is 2.00. The van der Waals surface area contributed by atoms with E-state index in [4.69, 9.17) is 0 Å². The number of hydrogen-bond acceptors (Lipinski definition) is 4. The van der Waals surface area contributed by atoms with Crippen LogP contribution in [0.5, 0.6) is 0 Å². The van der Waals surface area contributed by atoms with E-state index in [1.165, 1.54) is 26.2 Å². The van der Waals surface area contributed by atoms with Crippen molar-refractivity contribution in [1.29, 1.82) is 0 Å². The van der Waals surface area contributed by atoms with E-state index in [2.05, 4.69) is 26.6 Å². The molecular weight excluding hydrogens is 394 g/mol. The summed E-state index contributed by atoms with van der Waals surface area (Å²) >= 11 is 3.34. The number of carbonyl (C=O) groups excluding carboxylic acids is 1. The summed E-state index contributed by atoms with van der Waals surface area (Å²) in [6.45, 7) is 0.0757. The lowest BCUT2D eigenvalue weighted by Crippen LogP contribution is -2.23. The lowest BCUT2D eigenvalue weighted by Gasteiger charge is -2.13. The molecule has 0 heterocycles. The summed E-state index contributed by atoms with van der Waals surface area (Å²) in [5.74, 6) is -0.266. The quantitative estimate of drug-likeness (QED) is 0.765. The van der Waals surface area contributed by atoms with Crippen molar-refractivity contribution in [2.24, 2.45) is 0 Å². The van der Waals surface area contributed by atoms with Gasteiger partial charge in [-0.25, -0.2) is 12.7 Å². The minimum absolute atomic E-state index is 0.0757. The molecule has 0 fully saturated rings. The molecule has 1 amide bonds. The van der Waals surface area contributed by atoms with Gasteiger partial charge in [-0.15, -0.1) is 0 Å². The van der Waals surface area contributed by atoms with Gasteiger partial charge in [-0.2, -0.15) is 0 Å². The average Bonchev–Trinajstić information content (AvgIpc) is 2.54. The summed E-state index contributed by atoms with van der Waals surface area (Å²) < 4.78 is 26.3. The zero-order chi connectivity index (χ0) is 17.7. The molecule has 0 spiro atoms.